The number of halogens is 1. The van der Waals surface area contributed by atoms with Crippen LogP contribution in [0.2, 0.25) is 0 Å². The summed E-state index contributed by atoms with van der Waals surface area (Å²) in [5.74, 6) is -1.12. The van der Waals surface area contributed by atoms with Crippen LogP contribution < -0.4 is 5.32 Å². The van der Waals surface area contributed by atoms with Gasteiger partial charge in [0, 0.05) is 33.7 Å². The summed E-state index contributed by atoms with van der Waals surface area (Å²) in [5, 5.41) is 13.7. The molecule has 0 aliphatic carbocycles. The molecule has 19 heavy (non-hydrogen) atoms. The number of aliphatic carboxylic acids is 1. The number of thiophene rings is 1. The van der Waals surface area contributed by atoms with Crippen molar-refractivity contribution in [3.8, 4) is 0 Å². The highest BCUT2D eigenvalue weighted by Crippen LogP contribution is 2.24. The van der Waals surface area contributed by atoms with Crippen molar-refractivity contribution in [1.82, 2.24) is 10.2 Å². The van der Waals surface area contributed by atoms with Crippen LogP contribution in [0.1, 0.15) is 11.8 Å². The molecular formula is C12H15BrN2O3S. The van der Waals surface area contributed by atoms with Crippen molar-refractivity contribution in [1.29, 1.82) is 0 Å². The molecule has 2 N–H and O–H groups in total. The number of carbonyl (C=O) groups is 2. The van der Waals surface area contributed by atoms with E-state index in [2.05, 4.69) is 21.2 Å². The zero-order valence-electron chi connectivity index (χ0n) is 10.4. The number of likely N-dealkylation sites (tertiary alicyclic amines) is 1. The van der Waals surface area contributed by atoms with Gasteiger partial charge in [-0.25, -0.2) is 4.79 Å². The van der Waals surface area contributed by atoms with Crippen LogP contribution >= 0.6 is 27.3 Å². The molecule has 1 saturated heterocycles. The number of nitrogens with one attached hydrogen (secondary N) is 1. The molecule has 1 aromatic heterocycles. The maximum Gasteiger partial charge on any atom is 0.317 e. The Balaban J connectivity index is 1.73. The van der Waals surface area contributed by atoms with Gasteiger partial charge in [0.25, 0.3) is 0 Å². The van der Waals surface area contributed by atoms with E-state index < -0.39 is 11.9 Å². The van der Waals surface area contributed by atoms with E-state index in [0.29, 0.717) is 19.6 Å². The first-order valence-electron chi connectivity index (χ1n) is 5.96. The van der Waals surface area contributed by atoms with Crippen molar-refractivity contribution in [3.63, 3.8) is 0 Å². The van der Waals surface area contributed by atoms with E-state index in [1.807, 2.05) is 11.4 Å². The molecule has 1 fully saturated rings. The maximum absolute atomic E-state index is 11.8. The Labute approximate surface area is 123 Å². The molecule has 2 amide bonds. The lowest BCUT2D eigenvalue weighted by atomic mass is 9.87. The van der Waals surface area contributed by atoms with Gasteiger partial charge < -0.3 is 15.3 Å². The van der Waals surface area contributed by atoms with Crippen molar-refractivity contribution in [2.45, 2.75) is 13.5 Å². The minimum atomic E-state index is -0.798. The predicted molar refractivity (Wildman–Crippen MR) is 76.1 cm³/mol. The third-order valence-corrected chi connectivity index (χ3v) is 5.03. The van der Waals surface area contributed by atoms with E-state index in [4.69, 9.17) is 5.11 Å². The maximum atomic E-state index is 11.8. The van der Waals surface area contributed by atoms with E-state index >= 15 is 0 Å². The Hall–Kier alpha value is -1.08. The second-order valence-electron chi connectivity index (χ2n) is 4.68. The van der Waals surface area contributed by atoms with E-state index in [1.165, 1.54) is 0 Å². The average molecular weight is 347 g/mol. The smallest absolute Gasteiger partial charge is 0.317 e. The van der Waals surface area contributed by atoms with Gasteiger partial charge in [0.15, 0.2) is 0 Å². The number of amides is 2. The minimum Gasteiger partial charge on any atom is -0.481 e. The van der Waals surface area contributed by atoms with Gasteiger partial charge in [0.2, 0.25) is 0 Å². The summed E-state index contributed by atoms with van der Waals surface area (Å²) in [6.45, 7) is 3.23. The second kappa shape index (κ2) is 5.92. The Bertz CT molecular complexity index is 485. The van der Waals surface area contributed by atoms with Crippen LogP contribution in [-0.2, 0) is 11.3 Å². The number of rotatable bonds is 4. The number of nitrogens with zero attached hydrogens (tertiary/aromatic N) is 1. The van der Waals surface area contributed by atoms with Gasteiger partial charge in [-0.05, 0) is 22.0 Å². The van der Waals surface area contributed by atoms with Crippen LogP contribution in [0.5, 0.6) is 0 Å². The molecule has 0 spiro atoms. The van der Waals surface area contributed by atoms with Gasteiger partial charge in [-0.15, -0.1) is 11.3 Å². The summed E-state index contributed by atoms with van der Waals surface area (Å²) in [4.78, 5) is 25.3. The monoisotopic (exact) mass is 346 g/mol. The molecule has 5 nitrogen and oxygen atoms in total. The summed E-state index contributed by atoms with van der Waals surface area (Å²) in [5.41, 5.74) is 0. The normalized spacial score (nSPS) is 16.8. The third kappa shape index (κ3) is 3.48. The highest BCUT2D eigenvalue weighted by molar-refractivity contribution is 9.10. The van der Waals surface area contributed by atoms with Crippen LogP contribution in [0.15, 0.2) is 15.9 Å². The zero-order chi connectivity index (χ0) is 14.0. The van der Waals surface area contributed by atoms with Crippen LogP contribution in [0.3, 0.4) is 0 Å². The fraction of sp³-hybridized carbons (Fsp3) is 0.500. The van der Waals surface area contributed by atoms with E-state index in [0.717, 1.165) is 9.35 Å². The van der Waals surface area contributed by atoms with Gasteiger partial charge >= 0.3 is 12.0 Å². The van der Waals surface area contributed by atoms with Crippen LogP contribution in [0.25, 0.3) is 0 Å². The lowest BCUT2D eigenvalue weighted by Gasteiger charge is -2.41. The fourth-order valence-corrected chi connectivity index (χ4v) is 3.31. The molecule has 1 aliphatic heterocycles. The summed E-state index contributed by atoms with van der Waals surface area (Å²) < 4.78 is 1.01. The highest BCUT2D eigenvalue weighted by Gasteiger charge is 2.37. The number of carboxylic acid groups (broad SMARTS) is 1. The lowest BCUT2D eigenvalue weighted by molar-refractivity contribution is -0.144. The fourth-order valence-electron chi connectivity index (χ4n) is 1.92. The Morgan fingerprint density at radius 1 is 1.63 bits per heavy atom. The predicted octanol–water partition coefficient (Wildman–Crippen LogP) is 2.37. The van der Waals surface area contributed by atoms with Crippen molar-refractivity contribution >= 4 is 39.3 Å². The first-order valence-corrected chi connectivity index (χ1v) is 7.63. The lowest BCUT2D eigenvalue weighted by Crippen LogP contribution is -2.56. The molecule has 1 atom stereocenters. The summed E-state index contributed by atoms with van der Waals surface area (Å²) >= 11 is 4.94. The van der Waals surface area contributed by atoms with E-state index in [9.17, 15) is 9.59 Å². The minimum absolute atomic E-state index is 0.0686. The molecule has 7 heteroatoms. The topological polar surface area (TPSA) is 69.6 Å². The van der Waals surface area contributed by atoms with Crippen molar-refractivity contribution in [3.05, 3.63) is 20.8 Å². The van der Waals surface area contributed by atoms with Crippen molar-refractivity contribution in [2.75, 3.05) is 13.1 Å². The molecule has 0 radical (unpaired) electrons. The molecule has 1 aromatic rings. The average Bonchev–Trinajstić information content (AvgIpc) is 2.70. The van der Waals surface area contributed by atoms with Crippen molar-refractivity contribution < 1.29 is 14.7 Å². The third-order valence-electron chi connectivity index (χ3n) is 3.33. The van der Waals surface area contributed by atoms with E-state index in [1.54, 1.807) is 23.2 Å². The van der Waals surface area contributed by atoms with E-state index in [-0.39, 0.29) is 11.9 Å². The number of hydrogen-bond donors (Lipinski definition) is 2. The molecule has 1 aliphatic rings. The largest absolute Gasteiger partial charge is 0.481 e. The van der Waals surface area contributed by atoms with Crippen LogP contribution in [-0.4, -0.2) is 35.1 Å². The zero-order valence-corrected chi connectivity index (χ0v) is 12.8. The van der Waals surface area contributed by atoms with Gasteiger partial charge in [0.1, 0.15) is 0 Å². The molecule has 2 heterocycles. The molecule has 0 aromatic carbocycles. The quantitative estimate of drug-likeness (QED) is 0.879. The molecule has 0 bridgehead atoms. The Kier molecular flexibility index (Phi) is 4.46. The van der Waals surface area contributed by atoms with Crippen molar-refractivity contribution in [2.24, 2.45) is 11.8 Å². The second-order valence-corrected chi connectivity index (χ2v) is 6.59. The SMILES string of the molecule is CC(C(=O)O)C1CN(C(=O)NCc2cc(Br)cs2)C1. The number of carboxylic acids is 1. The number of urea groups is 1. The van der Waals surface area contributed by atoms with Gasteiger partial charge in [0.05, 0.1) is 12.5 Å². The van der Waals surface area contributed by atoms with Gasteiger partial charge in [-0.1, -0.05) is 6.92 Å². The molecule has 0 saturated carbocycles. The Morgan fingerprint density at radius 3 is 2.84 bits per heavy atom. The van der Waals surface area contributed by atoms with Crippen LogP contribution in [0, 0.1) is 11.8 Å². The van der Waals surface area contributed by atoms with Gasteiger partial charge in [-0.3, -0.25) is 4.79 Å². The van der Waals surface area contributed by atoms with Crippen LogP contribution in [0.4, 0.5) is 4.79 Å². The summed E-state index contributed by atoms with van der Waals surface area (Å²) in [7, 11) is 0. The molecule has 2 rings (SSSR count). The molecular weight excluding hydrogens is 332 g/mol. The first-order chi connectivity index (χ1) is 8.97. The number of carbonyl (C=O) groups excluding carboxylic acids is 1. The standard InChI is InChI=1S/C12H15BrN2O3S/c1-7(11(16)17)8-4-15(5-8)12(18)14-3-10-2-9(13)6-19-10/h2,6-8H,3-5H2,1H3,(H,14,18)(H,16,17). The molecule has 1 unspecified atom stereocenters. The number of hydrogen-bond acceptors (Lipinski definition) is 3. The Morgan fingerprint density at radius 2 is 2.32 bits per heavy atom. The molecule has 104 valence electrons. The van der Waals surface area contributed by atoms with Gasteiger partial charge in [-0.2, -0.15) is 0 Å². The highest BCUT2D eigenvalue weighted by atomic mass is 79.9. The summed E-state index contributed by atoms with van der Waals surface area (Å²) in [6, 6.07) is 1.84. The summed E-state index contributed by atoms with van der Waals surface area (Å²) in [6.07, 6.45) is 0. The first kappa shape index (κ1) is 14.3.